The number of nitrogens with two attached hydrogens (primary N) is 1. The standard InChI is InChI=1S/C22H22N8O.CH5N/c1-3-29(4-2)20-14-25-15-30-22(27-20)19(13-23)21(28-30)26-16-5-7-17(8-6-16)31-18-9-11-24-12-10-18;1-2/h5-12,15H,3-4,14H2,1-2H3,(H,26,28);2H2,1H3. The van der Waals surface area contributed by atoms with Gasteiger partial charge in [-0.05, 0) is 57.3 Å². The Kier molecular flexibility index (Phi) is 8.10. The molecule has 3 heterocycles. The second-order valence-corrected chi connectivity index (χ2v) is 6.69. The fourth-order valence-corrected chi connectivity index (χ4v) is 3.21. The number of nitrogens with zero attached hydrogens (tertiary/aromatic N) is 7. The predicted octanol–water partition coefficient (Wildman–Crippen LogP) is 3.52. The molecule has 0 bridgehead atoms. The molecule has 0 saturated carbocycles. The summed E-state index contributed by atoms with van der Waals surface area (Å²) >= 11 is 0. The number of nitriles is 1. The Morgan fingerprint density at radius 3 is 2.39 bits per heavy atom. The molecule has 3 aromatic rings. The van der Waals surface area contributed by atoms with Gasteiger partial charge in [-0.25, -0.2) is 9.67 Å². The SMILES string of the molecule is CCN(CC)C1=Nc2c(C#N)c(Nc3ccc(Oc4ccncc4)cc3)nn2C=NC1.CN. The predicted molar refractivity (Wildman–Crippen MR) is 130 cm³/mol. The van der Waals surface area contributed by atoms with Crippen LogP contribution in [0.4, 0.5) is 17.3 Å². The minimum atomic E-state index is 0.370. The van der Waals surface area contributed by atoms with Gasteiger partial charge in [-0.1, -0.05) is 0 Å². The summed E-state index contributed by atoms with van der Waals surface area (Å²) < 4.78 is 7.32. The maximum atomic E-state index is 9.78. The van der Waals surface area contributed by atoms with E-state index in [0.29, 0.717) is 35.2 Å². The number of hydrogen-bond acceptors (Lipinski definition) is 9. The first-order valence-electron chi connectivity index (χ1n) is 10.6. The molecule has 4 rings (SSSR count). The summed E-state index contributed by atoms with van der Waals surface area (Å²) in [4.78, 5) is 15.2. The van der Waals surface area contributed by atoms with Crippen LogP contribution in [0.5, 0.6) is 11.5 Å². The Morgan fingerprint density at radius 1 is 1.09 bits per heavy atom. The molecule has 10 heteroatoms. The summed E-state index contributed by atoms with van der Waals surface area (Å²) in [6, 6.07) is 13.2. The van der Waals surface area contributed by atoms with Gasteiger partial charge in [0.2, 0.25) is 0 Å². The monoisotopic (exact) mass is 445 g/mol. The Bertz CT molecular complexity index is 1140. The molecule has 0 unspecified atom stereocenters. The minimum absolute atomic E-state index is 0.370. The number of anilines is 2. The van der Waals surface area contributed by atoms with E-state index in [2.05, 4.69) is 50.9 Å². The molecule has 2 aromatic heterocycles. The maximum absolute atomic E-state index is 9.78. The van der Waals surface area contributed by atoms with Crippen molar-refractivity contribution < 1.29 is 4.74 Å². The van der Waals surface area contributed by atoms with Crippen molar-refractivity contribution in [1.29, 1.82) is 5.26 Å². The second kappa shape index (κ2) is 11.4. The van der Waals surface area contributed by atoms with Gasteiger partial charge in [0.1, 0.15) is 35.3 Å². The summed E-state index contributed by atoms with van der Waals surface area (Å²) in [6.07, 6.45) is 4.96. The number of aliphatic imine (C=N–C) groups is 2. The van der Waals surface area contributed by atoms with E-state index in [9.17, 15) is 5.26 Å². The summed E-state index contributed by atoms with van der Waals surface area (Å²) in [5, 5.41) is 17.5. The first kappa shape index (κ1) is 23.4. The van der Waals surface area contributed by atoms with E-state index >= 15 is 0 Å². The number of benzene rings is 1. The summed E-state index contributed by atoms with van der Waals surface area (Å²) in [7, 11) is 1.50. The minimum Gasteiger partial charge on any atom is -0.457 e. The summed E-state index contributed by atoms with van der Waals surface area (Å²) in [5.41, 5.74) is 5.65. The van der Waals surface area contributed by atoms with Gasteiger partial charge in [0.05, 0.1) is 6.54 Å². The lowest BCUT2D eigenvalue weighted by atomic mass is 10.2. The molecule has 170 valence electrons. The number of hydrogen-bond donors (Lipinski definition) is 2. The Balaban J connectivity index is 0.00000149. The number of rotatable bonds is 6. The lowest BCUT2D eigenvalue weighted by Gasteiger charge is -2.21. The fourth-order valence-electron chi connectivity index (χ4n) is 3.21. The normalized spacial score (nSPS) is 11.8. The number of likely N-dealkylation sites (N-methyl/N-ethyl adjacent to an activating group) is 1. The van der Waals surface area contributed by atoms with Crippen LogP contribution >= 0.6 is 0 Å². The van der Waals surface area contributed by atoms with Crippen molar-refractivity contribution >= 4 is 29.5 Å². The third-order valence-corrected chi connectivity index (χ3v) is 4.79. The highest BCUT2D eigenvalue weighted by atomic mass is 16.5. The van der Waals surface area contributed by atoms with Gasteiger partial charge < -0.3 is 20.7 Å². The van der Waals surface area contributed by atoms with Gasteiger partial charge >= 0.3 is 0 Å². The highest BCUT2D eigenvalue weighted by Crippen LogP contribution is 2.30. The van der Waals surface area contributed by atoms with Crippen LogP contribution in [0.25, 0.3) is 0 Å². The van der Waals surface area contributed by atoms with E-state index in [-0.39, 0.29) is 0 Å². The molecule has 0 fully saturated rings. The third-order valence-electron chi connectivity index (χ3n) is 4.79. The van der Waals surface area contributed by atoms with Gasteiger partial charge in [0.25, 0.3) is 0 Å². The summed E-state index contributed by atoms with van der Waals surface area (Å²) in [5.74, 6) is 3.13. The molecule has 0 radical (unpaired) electrons. The topological polar surface area (TPSA) is 130 Å². The largest absolute Gasteiger partial charge is 0.457 e. The van der Waals surface area contributed by atoms with E-state index in [4.69, 9.17) is 9.73 Å². The van der Waals surface area contributed by atoms with Crippen LogP contribution in [0.15, 0.2) is 58.8 Å². The first-order valence-corrected chi connectivity index (χ1v) is 10.6. The van der Waals surface area contributed by atoms with E-state index in [1.54, 1.807) is 30.9 Å². The van der Waals surface area contributed by atoms with Crippen molar-refractivity contribution in [3.8, 4) is 17.6 Å². The van der Waals surface area contributed by atoms with Crippen LogP contribution in [0.3, 0.4) is 0 Å². The molecule has 0 aliphatic carbocycles. The van der Waals surface area contributed by atoms with Crippen molar-refractivity contribution in [2.45, 2.75) is 13.8 Å². The zero-order valence-corrected chi connectivity index (χ0v) is 18.9. The van der Waals surface area contributed by atoms with Crippen LogP contribution in [0.2, 0.25) is 0 Å². The molecule has 3 N–H and O–H groups in total. The Hall–Kier alpha value is -4.23. The highest BCUT2D eigenvalue weighted by Gasteiger charge is 2.21. The van der Waals surface area contributed by atoms with E-state index in [1.807, 2.05) is 24.3 Å². The van der Waals surface area contributed by atoms with E-state index < -0.39 is 0 Å². The molecular weight excluding hydrogens is 418 g/mol. The van der Waals surface area contributed by atoms with Gasteiger partial charge in [-0.3, -0.25) is 9.98 Å². The van der Waals surface area contributed by atoms with Crippen LogP contribution in [0, 0.1) is 11.3 Å². The quantitative estimate of drug-likeness (QED) is 0.594. The molecular formula is C23H27N9O. The molecule has 0 spiro atoms. The van der Waals surface area contributed by atoms with Gasteiger partial charge in [-0.15, -0.1) is 5.10 Å². The van der Waals surface area contributed by atoms with Gasteiger partial charge in [-0.2, -0.15) is 5.26 Å². The van der Waals surface area contributed by atoms with Crippen molar-refractivity contribution in [3.63, 3.8) is 0 Å². The van der Waals surface area contributed by atoms with Gasteiger partial charge in [0, 0.05) is 31.2 Å². The molecule has 1 aromatic carbocycles. The molecule has 10 nitrogen and oxygen atoms in total. The zero-order chi connectivity index (χ0) is 23.6. The van der Waals surface area contributed by atoms with Crippen LogP contribution < -0.4 is 15.8 Å². The number of nitrogens with one attached hydrogen (secondary N) is 1. The lowest BCUT2D eigenvalue weighted by molar-refractivity contribution is 0.460. The second-order valence-electron chi connectivity index (χ2n) is 6.69. The molecule has 0 atom stereocenters. The molecule has 33 heavy (non-hydrogen) atoms. The van der Waals surface area contributed by atoms with Crippen LogP contribution in [0.1, 0.15) is 19.4 Å². The molecule has 1 aliphatic heterocycles. The van der Waals surface area contributed by atoms with Crippen LogP contribution in [-0.4, -0.2) is 58.5 Å². The van der Waals surface area contributed by atoms with E-state index in [0.717, 1.165) is 24.6 Å². The highest BCUT2D eigenvalue weighted by molar-refractivity contribution is 5.91. The average molecular weight is 446 g/mol. The molecule has 1 aliphatic rings. The molecule has 0 saturated heterocycles. The number of amidine groups is 1. The van der Waals surface area contributed by atoms with Crippen molar-refractivity contribution in [1.82, 2.24) is 19.7 Å². The fraction of sp³-hybridized carbons (Fsp3) is 0.261. The van der Waals surface area contributed by atoms with E-state index in [1.165, 1.54) is 11.7 Å². The Morgan fingerprint density at radius 2 is 1.76 bits per heavy atom. The number of ether oxygens (including phenoxy) is 1. The van der Waals surface area contributed by atoms with Gasteiger partial charge in [0.15, 0.2) is 11.6 Å². The summed E-state index contributed by atoms with van der Waals surface area (Å²) in [6.45, 7) is 6.23. The Labute approximate surface area is 193 Å². The van der Waals surface area contributed by atoms with Crippen molar-refractivity contribution in [2.24, 2.45) is 15.7 Å². The van der Waals surface area contributed by atoms with Crippen molar-refractivity contribution in [3.05, 3.63) is 54.4 Å². The average Bonchev–Trinajstić information content (AvgIpc) is 3.04. The number of fused-ring (bicyclic) bond motifs is 1. The first-order chi connectivity index (χ1) is 16.2. The van der Waals surface area contributed by atoms with Crippen molar-refractivity contribution in [2.75, 3.05) is 32.0 Å². The lowest BCUT2D eigenvalue weighted by Crippen LogP contribution is -2.32. The maximum Gasteiger partial charge on any atom is 0.178 e. The number of aromatic nitrogens is 3. The smallest absolute Gasteiger partial charge is 0.178 e. The van der Waals surface area contributed by atoms with Crippen LogP contribution in [-0.2, 0) is 0 Å². The number of pyridine rings is 1. The third kappa shape index (κ3) is 5.53. The molecule has 0 amide bonds. The zero-order valence-electron chi connectivity index (χ0n) is 18.9.